The van der Waals surface area contributed by atoms with Gasteiger partial charge in [0, 0.05) is 10.9 Å². The molecule has 0 saturated heterocycles. The number of hydrazone groups is 1. The molecule has 0 saturated carbocycles. The van der Waals surface area contributed by atoms with Gasteiger partial charge in [-0.25, -0.2) is 4.98 Å². The molecule has 0 aliphatic carbocycles. The first kappa shape index (κ1) is 16.9. The summed E-state index contributed by atoms with van der Waals surface area (Å²) in [4.78, 5) is 4.56. The van der Waals surface area contributed by atoms with Crippen LogP contribution in [0.2, 0.25) is 0 Å². The van der Waals surface area contributed by atoms with Crippen LogP contribution in [-0.2, 0) is 0 Å². The first-order valence-corrected chi connectivity index (χ1v) is 8.79. The highest BCUT2D eigenvalue weighted by molar-refractivity contribution is 7.14. The molecule has 0 amide bonds. The maximum atomic E-state index is 5.48. The number of rotatable bonds is 7. The third kappa shape index (κ3) is 4.55. The average Bonchev–Trinajstić information content (AvgIpc) is 3.14. The van der Waals surface area contributed by atoms with Crippen molar-refractivity contribution in [2.24, 2.45) is 5.10 Å². The minimum Gasteiger partial charge on any atom is -0.490 e. The van der Waals surface area contributed by atoms with E-state index < -0.39 is 0 Å². The molecule has 0 aliphatic rings. The Labute approximate surface area is 151 Å². The molecule has 0 atom stereocenters. The first-order valence-electron chi connectivity index (χ1n) is 7.91. The Morgan fingerprint density at radius 1 is 1.20 bits per heavy atom. The van der Waals surface area contributed by atoms with E-state index in [4.69, 9.17) is 4.74 Å². The van der Waals surface area contributed by atoms with Gasteiger partial charge in [0.15, 0.2) is 0 Å². The Morgan fingerprint density at radius 3 is 2.68 bits per heavy atom. The summed E-state index contributed by atoms with van der Waals surface area (Å²) in [6.45, 7) is 6.10. The maximum absolute atomic E-state index is 5.48. The van der Waals surface area contributed by atoms with Gasteiger partial charge < -0.3 is 4.74 Å². The number of hydrogen-bond acceptors (Lipinski definition) is 5. The lowest BCUT2D eigenvalue weighted by Crippen LogP contribution is -2.00. The number of thiazole rings is 1. The summed E-state index contributed by atoms with van der Waals surface area (Å²) >= 11 is 1.53. The van der Waals surface area contributed by atoms with Crippen molar-refractivity contribution in [2.75, 3.05) is 12.0 Å². The summed E-state index contributed by atoms with van der Waals surface area (Å²) in [5, 5.41) is 7.21. The van der Waals surface area contributed by atoms with Crippen molar-refractivity contribution in [1.82, 2.24) is 4.98 Å². The van der Waals surface area contributed by atoms with Gasteiger partial charge in [0.2, 0.25) is 5.13 Å². The van der Waals surface area contributed by atoms with Crippen LogP contribution in [0.15, 0.2) is 77.7 Å². The number of aromatic nitrogens is 1. The minimum atomic E-state index is 0.502. The van der Waals surface area contributed by atoms with Crippen molar-refractivity contribution in [3.8, 4) is 17.0 Å². The van der Waals surface area contributed by atoms with Crippen LogP contribution in [0.5, 0.6) is 5.75 Å². The van der Waals surface area contributed by atoms with Crippen LogP contribution in [0.25, 0.3) is 11.3 Å². The summed E-state index contributed by atoms with van der Waals surface area (Å²) in [6.07, 6.45) is 1.72. The van der Waals surface area contributed by atoms with Crippen LogP contribution in [-0.4, -0.2) is 17.3 Å². The molecule has 0 radical (unpaired) electrons. The zero-order chi connectivity index (χ0) is 17.5. The van der Waals surface area contributed by atoms with Crippen molar-refractivity contribution >= 4 is 22.2 Å². The molecule has 0 fully saturated rings. The number of nitrogens with zero attached hydrogens (tertiary/aromatic N) is 2. The molecule has 1 heterocycles. The molecule has 3 aromatic rings. The molecule has 1 N–H and O–H groups in total. The van der Waals surface area contributed by atoms with Gasteiger partial charge >= 0.3 is 0 Å². The summed E-state index contributed by atoms with van der Waals surface area (Å²) in [5.74, 6) is 0.817. The largest absolute Gasteiger partial charge is 0.490 e. The SMILES string of the molecule is C=CCOc1ccc(/C(C)=N\Nc2nc(-c3ccccc3)cs2)cc1. The van der Waals surface area contributed by atoms with Crippen LogP contribution in [0.1, 0.15) is 12.5 Å². The molecule has 4 nitrogen and oxygen atoms in total. The molecular formula is C20H19N3OS. The molecule has 0 bridgehead atoms. The van der Waals surface area contributed by atoms with Crippen molar-refractivity contribution < 1.29 is 4.74 Å². The number of ether oxygens (including phenoxy) is 1. The highest BCUT2D eigenvalue weighted by Gasteiger charge is 2.04. The second-order valence-electron chi connectivity index (χ2n) is 5.34. The molecule has 2 aromatic carbocycles. The summed E-state index contributed by atoms with van der Waals surface area (Å²) < 4.78 is 5.48. The van der Waals surface area contributed by atoms with E-state index in [1.54, 1.807) is 6.08 Å². The quantitative estimate of drug-likeness (QED) is 0.362. The predicted octanol–water partition coefficient (Wildman–Crippen LogP) is 5.21. The molecule has 5 heteroatoms. The molecule has 126 valence electrons. The number of benzene rings is 2. The van der Waals surface area contributed by atoms with E-state index in [-0.39, 0.29) is 0 Å². The van der Waals surface area contributed by atoms with E-state index >= 15 is 0 Å². The molecule has 25 heavy (non-hydrogen) atoms. The van der Waals surface area contributed by atoms with Gasteiger partial charge in [-0.3, -0.25) is 5.43 Å². The standard InChI is InChI=1S/C20H19N3OS/c1-3-13-24-18-11-9-16(10-12-18)15(2)22-23-20-21-19(14-25-20)17-7-5-4-6-8-17/h3-12,14H,1,13H2,2H3,(H,21,23)/b22-15-. The summed E-state index contributed by atoms with van der Waals surface area (Å²) in [7, 11) is 0. The van der Waals surface area contributed by atoms with Crippen LogP contribution < -0.4 is 10.2 Å². The van der Waals surface area contributed by atoms with Gasteiger partial charge in [0.05, 0.1) is 11.4 Å². The summed E-state index contributed by atoms with van der Waals surface area (Å²) in [6, 6.07) is 17.9. The van der Waals surface area contributed by atoms with Crippen LogP contribution in [0, 0.1) is 0 Å². The fraction of sp³-hybridized carbons (Fsp3) is 0.100. The lowest BCUT2D eigenvalue weighted by atomic mass is 10.1. The Bertz CT molecular complexity index is 854. The summed E-state index contributed by atoms with van der Waals surface area (Å²) in [5.41, 5.74) is 6.99. The van der Waals surface area contributed by atoms with E-state index in [9.17, 15) is 0 Å². The molecule has 3 rings (SSSR count). The van der Waals surface area contributed by atoms with E-state index in [0.717, 1.165) is 33.4 Å². The van der Waals surface area contributed by atoms with Crippen molar-refractivity contribution in [2.45, 2.75) is 6.92 Å². The van der Waals surface area contributed by atoms with Crippen molar-refractivity contribution in [3.63, 3.8) is 0 Å². The second kappa shape index (κ2) is 8.26. The lowest BCUT2D eigenvalue weighted by Gasteiger charge is -2.05. The normalized spacial score (nSPS) is 11.2. The molecular weight excluding hydrogens is 330 g/mol. The van der Waals surface area contributed by atoms with Gasteiger partial charge in [0.1, 0.15) is 12.4 Å². The van der Waals surface area contributed by atoms with Gasteiger partial charge in [-0.2, -0.15) is 5.10 Å². The third-order valence-corrected chi connectivity index (χ3v) is 4.28. The number of nitrogens with one attached hydrogen (secondary N) is 1. The van der Waals surface area contributed by atoms with E-state index in [2.05, 4.69) is 22.1 Å². The highest BCUT2D eigenvalue weighted by Crippen LogP contribution is 2.24. The van der Waals surface area contributed by atoms with Crippen LogP contribution in [0.4, 0.5) is 5.13 Å². The Kier molecular flexibility index (Phi) is 5.59. The molecule has 1 aromatic heterocycles. The monoisotopic (exact) mass is 349 g/mol. The van der Waals surface area contributed by atoms with E-state index in [0.29, 0.717) is 6.61 Å². The van der Waals surface area contributed by atoms with E-state index in [1.165, 1.54) is 11.3 Å². The number of anilines is 1. The van der Waals surface area contributed by atoms with Crippen LogP contribution in [0.3, 0.4) is 0 Å². The average molecular weight is 349 g/mol. The molecule has 0 spiro atoms. The highest BCUT2D eigenvalue weighted by atomic mass is 32.1. The molecule has 0 unspecified atom stereocenters. The van der Waals surface area contributed by atoms with Crippen molar-refractivity contribution in [3.05, 3.63) is 78.2 Å². The van der Waals surface area contributed by atoms with Crippen LogP contribution >= 0.6 is 11.3 Å². The minimum absolute atomic E-state index is 0.502. The van der Waals surface area contributed by atoms with Gasteiger partial charge in [0.25, 0.3) is 0 Å². The van der Waals surface area contributed by atoms with Gasteiger partial charge in [-0.15, -0.1) is 11.3 Å². The third-order valence-electron chi connectivity index (χ3n) is 3.53. The van der Waals surface area contributed by atoms with Crippen molar-refractivity contribution in [1.29, 1.82) is 0 Å². The lowest BCUT2D eigenvalue weighted by molar-refractivity contribution is 0.363. The Morgan fingerprint density at radius 2 is 1.96 bits per heavy atom. The smallest absolute Gasteiger partial charge is 0.203 e. The Hall–Kier alpha value is -2.92. The fourth-order valence-electron chi connectivity index (χ4n) is 2.21. The maximum Gasteiger partial charge on any atom is 0.203 e. The zero-order valence-corrected chi connectivity index (χ0v) is 14.8. The first-order chi connectivity index (χ1) is 12.3. The Balaban J connectivity index is 1.65. The van der Waals surface area contributed by atoms with Gasteiger partial charge in [-0.1, -0.05) is 43.0 Å². The van der Waals surface area contributed by atoms with E-state index in [1.807, 2.05) is 66.9 Å². The topological polar surface area (TPSA) is 46.5 Å². The zero-order valence-electron chi connectivity index (χ0n) is 14.0. The predicted molar refractivity (Wildman–Crippen MR) is 106 cm³/mol. The second-order valence-corrected chi connectivity index (χ2v) is 6.20. The fourth-order valence-corrected chi connectivity index (χ4v) is 2.87. The number of hydrogen-bond donors (Lipinski definition) is 1. The van der Waals surface area contributed by atoms with Gasteiger partial charge in [-0.05, 0) is 36.8 Å². The molecule has 0 aliphatic heterocycles.